The molecule has 0 saturated carbocycles. The van der Waals surface area contributed by atoms with Gasteiger partial charge in [0, 0.05) is 36.9 Å². The molecule has 23 heavy (non-hydrogen) atoms. The maximum Gasteiger partial charge on any atom is 0.265 e. The summed E-state index contributed by atoms with van der Waals surface area (Å²) in [5, 5.41) is 7.98. The molecule has 120 valence electrons. The van der Waals surface area contributed by atoms with Gasteiger partial charge in [-0.25, -0.2) is 0 Å². The Labute approximate surface area is 139 Å². The summed E-state index contributed by atoms with van der Waals surface area (Å²) in [6, 6.07) is 10.9. The number of benzene rings is 1. The molecule has 1 fully saturated rings. The van der Waals surface area contributed by atoms with Gasteiger partial charge in [0.05, 0.1) is 4.88 Å². The van der Waals surface area contributed by atoms with E-state index in [4.69, 9.17) is 0 Å². The number of carbonyl (C=O) groups is 2. The van der Waals surface area contributed by atoms with Crippen LogP contribution in [-0.4, -0.2) is 42.4 Å². The van der Waals surface area contributed by atoms with E-state index in [0.29, 0.717) is 16.1 Å². The van der Waals surface area contributed by atoms with Crippen molar-refractivity contribution in [2.75, 3.05) is 25.0 Å². The quantitative estimate of drug-likeness (QED) is 0.909. The van der Waals surface area contributed by atoms with Crippen molar-refractivity contribution in [1.29, 1.82) is 0 Å². The zero-order valence-corrected chi connectivity index (χ0v) is 13.7. The average molecular weight is 329 g/mol. The number of hydrogen-bond acceptors (Lipinski definition) is 4. The van der Waals surface area contributed by atoms with E-state index in [2.05, 4.69) is 10.6 Å². The lowest BCUT2D eigenvalue weighted by Gasteiger charge is -2.34. The van der Waals surface area contributed by atoms with Gasteiger partial charge in [0.1, 0.15) is 0 Å². The molecule has 1 saturated heterocycles. The van der Waals surface area contributed by atoms with Crippen molar-refractivity contribution in [1.82, 2.24) is 10.2 Å². The molecule has 0 spiro atoms. The van der Waals surface area contributed by atoms with Crippen LogP contribution in [0.3, 0.4) is 0 Å². The fourth-order valence-electron chi connectivity index (χ4n) is 2.61. The summed E-state index contributed by atoms with van der Waals surface area (Å²) >= 11 is 1.40. The van der Waals surface area contributed by atoms with Gasteiger partial charge in [0.2, 0.25) is 0 Å². The first kappa shape index (κ1) is 15.7. The third kappa shape index (κ3) is 3.60. The van der Waals surface area contributed by atoms with Gasteiger partial charge in [-0.1, -0.05) is 6.07 Å². The molecule has 0 aliphatic carbocycles. The highest BCUT2D eigenvalue weighted by Crippen LogP contribution is 2.16. The zero-order chi connectivity index (χ0) is 16.2. The summed E-state index contributed by atoms with van der Waals surface area (Å²) in [6.45, 7) is 4.41. The number of hydrogen-bond donors (Lipinski definition) is 2. The smallest absolute Gasteiger partial charge is 0.265 e. The fourth-order valence-corrected chi connectivity index (χ4v) is 3.22. The van der Waals surface area contributed by atoms with E-state index in [1.54, 1.807) is 30.3 Å². The Kier molecular flexibility index (Phi) is 4.73. The van der Waals surface area contributed by atoms with Crippen molar-refractivity contribution in [3.8, 4) is 0 Å². The van der Waals surface area contributed by atoms with Crippen LogP contribution in [0.25, 0.3) is 0 Å². The topological polar surface area (TPSA) is 61.4 Å². The summed E-state index contributed by atoms with van der Waals surface area (Å²) in [7, 11) is 0. The van der Waals surface area contributed by atoms with E-state index >= 15 is 0 Å². The van der Waals surface area contributed by atoms with Crippen LogP contribution < -0.4 is 10.6 Å². The van der Waals surface area contributed by atoms with Crippen molar-refractivity contribution in [2.45, 2.75) is 13.0 Å². The van der Waals surface area contributed by atoms with Crippen LogP contribution in [-0.2, 0) is 0 Å². The summed E-state index contributed by atoms with van der Waals surface area (Å²) in [4.78, 5) is 27.1. The van der Waals surface area contributed by atoms with E-state index in [1.807, 2.05) is 23.3 Å². The number of nitrogens with zero attached hydrogens (tertiary/aromatic N) is 1. The van der Waals surface area contributed by atoms with Crippen LogP contribution in [0, 0.1) is 0 Å². The number of amides is 2. The first-order valence-electron chi connectivity index (χ1n) is 7.62. The molecule has 0 radical (unpaired) electrons. The van der Waals surface area contributed by atoms with Gasteiger partial charge in [-0.3, -0.25) is 9.59 Å². The largest absolute Gasteiger partial charge is 0.333 e. The van der Waals surface area contributed by atoms with E-state index in [1.165, 1.54) is 11.3 Å². The van der Waals surface area contributed by atoms with Crippen LogP contribution in [0.2, 0.25) is 0 Å². The lowest BCUT2D eigenvalue weighted by Crippen LogP contribution is -2.52. The molecule has 1 aromatic carbocycles. The van der Waals surface area contributed by atoms with Gasteiger partial charge < -0.3 is 15.5 Å². The molecule has 1 aliphatic rings. The maximum atomic E-state index is 12.5. The molecule has 5 nitrogen and oxygen atoms in total. The third-order valence-electron chi connectivity index (χ3n) is 3.90. The van der Waals surface area contributed by atoms with Crippen molar-refractivity contribution in [3.05, 3.63) is 52.2 Å². The van der Waals surface area contributed by atoms with E-state index in [0.717, 1.165) is 19.6 Å². The van der Waals surface area contributed by atoms with Crippen molar-refractivity contribution in [2.24, 2.45) is 0 Å². The Hall–Kier alpha value is -2.18. The minimum absolute atomic E-state index is 0.0372. The van der Waals surface area contributed by atoms with Crippen molar-refractivity contribution in [3.63, 3.8) is 0 Å². The Morgan fingerprint density at radius 1 is 1.26 bits per heavy atom. The highest BCUT2D eigenvalue weighted by atomic mass is 32.1. The predicted molar refractivity (Wildman–Crippen MR) is 92.1 cm³/mol. The molecule has 2 amide bonds. The summed E-state index contributed by atoms with van der Waals surface area (Å²) in [5.74, 6) is -0.0927. The highest BCUT2D eigenvalue weighted by molar-refractivity contribution is 7.12. The second-order valence-corrected chi connectivity index (χ2v) is 6.51. The SMILES string of the molecule is C[C@@H]1CNCCN1C(=O)c1ccc(NC(=O)c2cccs2)cc1. The van der Waals surface area contributed by atoms with Gasteiger partial charge >= 0.3 is 0 Å². The molecule has 2 heterocycles. The van der Waals surface area contributed by atoms with Gasteiger partial charge in [-0.15, -0.1) is 11.3 Å². The van der Waals surface area contributed by atoms with Crippen LogP contribution in [0.15, 0.2) is 41.8 Å². The molecule has 1 aromatic heterocycles. The molecule has 2 aromatic rings. The minimum Gasteiger partial charge on any atom is -0.333 e. The number of nitrogens with one attached hydrogen (secondary N) is 2. The van der Waals surface area contributed by atoms with Crippen LogP contribution in [0.5, 0.6) is 0 Å². The van der Waals surface area contributed by atoms with Crippen LogP contribution in [0.1, 0.15) is 27.0 Å². The van der Waals surface area contributed by atoms with Crippen LogP contribution >= 0.6 is 11.3 Å². The summed E-state index contributed by atoms with van der Waals surface area (Å²) in [5.41, 5.74) is 1.33. The Morgan fingerprint density at radius 2 is 2.04 bits per heavy atom. The average Bonchev–Trinajstić information content (AvgIpc) is 3.10. The lowest BCUT2D eigenvalue weighted by atomic mass is 10.1. The zero-order valence-electron chi connectivity index (χ0n) is 12.9. The maximum absolute atomic E-state index is 12.5. The number of thiophene rings is 1. The fraction of sp³-hybridized carbons (Fsp3) is 0.294. The van der Waals surface area contributed by atoms with Gasteiger partial charge in [0.25, 0.3) is 11.8 Å². The number of rotatable bonds is 3. The molecule has 1 atom stereocenters. The first-order valence-corrected chi connectivity index (χ1v) is 8.50. The summed E-state index contributed by atoms with van der Waals surface area (Å²) < 4.78 is 0. The molecule has 1 aliphatic heterocycles. The second kappa shape index (κ2) is 6.93. The predicted octanol–water partition coefficient (Wildman–Crippen LogP) is 2.43. The first-order chi connectivity index (χ1) is 11.1. The van der Waals surface area contributed by atoms with Gasteiger partial charge in [0.15, 0.2) is 0 Å². The number of piperazine rings is 1. The van der Waals surface area contributed by atoms with Crippen LogP contribution in [0.4, 0.5) is 5.69 Å². The molecule has 3 rings (SSSR count). The summed E-state index contributed by atoms with van der Waals surface area (Å²) in [6.07, 6.45) is 0. The van der Waals surface area contributed by atoms with Crippen molar-refractivity contribution < 1.29 is 9.59 Å². The van der Waals surface area contributed by atoms with E-state index in [9.17, 15) is 9.59 Å². The minimum atomic E-state index is -0.130. The lowest BCUT2D eigenvalue weighted by molar-refractivity contribution is 0.0655. The normalized spacial score (nSPS) is 17.8. The van der Waals surface area contributed by atoms with Gasteiger partial charge in [-0.05, 0) is 42.6 Å². The molecular weight excluding hydrogens is 310 g/mol. The third-order valence-corrected chi connectivity index (χ3v) is 4.77. The number of anilines is 1. The van der Waals surface area contributed by atoms with E-state index < -0.39 is 0 Å². The standard InChI is InChI=1S/C17H19N3O2S/c1-12-11-18-8-9-20(12)17(22)13-4-6-14(7-5-13)19-16(21)15-3-2-10-23-15/h2-7,10,12,18H,8-9,11H2,1H3,(H,19,21)/t12-/m1/s1. The molecule has 2 N–H and O–H groups in total. The van der Waals surface area contributed by atoms with Crippen molar-refractivity contribution >= 4 is 28.8 Å². The molecule has 0 bridgehead atoms. The molecule has 0 unspecified atom stereocenters. The molecular formula is C17H19N3O2S. The Morgan fingerprint density at radius 3 is 2.70 bits per heavy atom. The molecule has 6 heteroatoms. The second-order valence-electron chi connectivity index (χ2n) is 5.56. The monoisotopic (exact) mass is 329 g/mol. The van der Waals surface area contributed by atoms with E-state index in [-0.39, 0.29) is 17.9 Å². The number of carbonyl (C=O) groups excluding carboxylic acids is 2. The van der Waals surface area contributed by atoms with Gasteiger partial charge in [-0.2, -0.15) is 0 Å². The highest BCUT2D eigenvalue weighted by Gasteiger charge is 2.23. The Balaban J connectivity index is 1.67. The Bertz CT molecular complexity index is 682.